The van der Waals surface area contributed by atoms with Crippen LogP contribution < -0.4 is 5.32 Å². The van der Waals surface area contributed by atoms with Crippen LogP contribution in [-0.2, 0) is 16.2 Å². The molecule has 0 radical (unpaired) electrons. The highest BCUT2D eigenvalue weighted by atomic mass is 32.1. The molecule has 0 bridgehead atoms. The van der Waals surface area contributed by atoms with E-state index in [0.29, 0.717) is 6.67 Å². The van der Waals surface area contributed by atoms with E-state index in [0.717, 1.165) is 40.7 Å². The molecular weight excluding hydrogens is 356 g/mol. The maximum absolute atomic E-state index is 11.6. The maximum atomic E-state index is 11.6. The first-order chi connectivity index (χ1) is 12.1. The normalized spacial score (nSPS) is 15.9. The van der Waals surface area contributed by atoms with E-state index < -0.39 is 0 Å². The molecular formula is C17H22N4O2S2. The fourth-order valence-corrected chi connectivity index (χ4v) is 3.95. The average molecular weight is 379 g/mol. The summed E-state index contributed by atoms with van der Waals surface area (Å²) in [5.41, 5.74) is 2.21. The molecule has 1 aromatic heterocycles. The van der Waals surface area contributed by atoms with Gasteiger partial charge in [0.05, 0.1) is 19.7 Å². The summed E-state index contributed by atoms with van der Waals surface area (Å²) >= 11 is 6.92. The molecule has 0 spiro atoms. The van der Waals surface area contributed by atoms with Gasteiger partial charge < -0.3 is 10.1 Å². The second kappa shape index (κ2) is 8.07. The predicted octanol–water partition coefficient (Wildman–Crippen LogP) is 3.57. The number of ether oxygens (including phenoxy) is 1. The maximum Gasteiger partial charge on any atom is 0.308 e. The van der Waals surface area contributed by atoms with Crippen LogP contribution in [0.15, 0.2) is 24.3 Å². The second-order valence-electron chi connectivity index (χ2n) is 6.17. The Bertz CT molecular complexity index is 794. The van der Waals surface area contributed by atoms with Crippen LogP contribution >= 0.6 is 23.6 Å². The van der Waals surface area contributed by atoms with Crippen molar-refractivity contribution in [3.05, 3.63) is 33.8 Å². The molecule has 3 rings (SSSR count). The summed E-state index contributed by atoms with van der Waals surface area (Å²) in [7, 11) is 1.45. The number of methoxy groups -OCH3 is 1. The molecule has 1 saturated heterocycles. The molecule has 1 fully saturated rings. The van der Waals surface area contributed by atoms with Crippen LogP contribution in [0.3, 0.4) is 0 Å². The highest BCUT2D eigenvalue weighted by Crippen LogP contribution is 2.24. The molecule has 2 heterocycles. The summed E-state index contributed by atoms with van der Waals surface area (Å²) < 4.78 is 7.42. The first-order valence-corrected chi connectivity index (χ1v) is 9.50. The second-order valence-corrected chi connectivity index (χ2v) is 7.79. The number of piperidine rings is 1. The van der Waals surface area contributed by atoms with E-state index in [4.69, 9.17) is 17.0 Å². The Hall–Kier alpha value is -1.77. The Morgan fingerprint density at radius 1 is 1.40 bits per heavy atom. The fourth-order valence-electron chi connectivity index (χ4n) is 2.94. The molecule has 0 atom stereocenters. The Kier molecular flexibility index (Phi) is 5.82. The van der Waals surface area contributed by atoms with Gasteiger partial charge in [-0.15, -0.1) is 5.10 Å². The van der Waals surface area contributed by atoms with Crippen molar-refractivity contribution in [1.82, 2.24) is 14.7 Å². The van der Waals surface area contributed by atoms with E-state index >= 15 is 0 Å². The number of para-hydroxylation sites is 1. The van der Waals surface area contributed by atoms with E-state index in [1.165, 1.54) is 24.0 Å². The molecule has 25 heavy (non-hydrogen) atoms. The molecule has 1 aromatic carbocycles. The topological polar surface area (TPSA) is 59.4 Å². The number of carbonyl (C=O) groups is 1. The molecule has 134 valence electrons. The van der Waals surface area contributed by atoms with Crippen LogP contribution in [-0.4, -0.2) is 40.8 Å². The van der Waals surface area contributed by atoms with Crippen LogP contribution in [0.5, 0.6) is 0 Å². The fraction of sp³-hybridized carbons (Fsp3) is 0.471. The Balaban J connectivity index is 1.61. The van der Waals surface area contributed by atoms with Crippen molar-refractivity contribution in [3.8, 4) is 0 Å². The van der Waals surface area contributed by atoms with Crippen molar-refractivity contribution in [2.24, 2.45) is 5.92 Å². The first-order valence-electron chi connectivity index (χ1n) is 8.27. The van der Waals surface area contributed by atoms with Crippen molar-refractivity contribution in [2.45, 2.75) is 26.4 Å². The van der Waals surface area contributed by atoms with Crippen molar-refractivity contribution in [1.29, 1.82) is 0 Å². The zero-order valence-electron chi connectivity index (χ0n) is 14.4. The molecule has 1 aliphatic rings. The first kappa shape index (κ1) is 18.0. The quantitative estimate of drug-likeness (QED) is 0.634. The lowest BCUT2D eigenvalue weighted by atomic mass is 9.97. The van der Waals surface area contributed by atoms with E-state index in [1.54, 1.807) is 0 Å². The highest BCUT2D eigenvalue weighted by molar-refractivity contribution is 7.73. The minimum Gasteiger partial charge on any atom is -0.469 e. The molecule has 8 heteroatoms. The summed E-state index contributed by atoms with van der Waals surface area (Å²) in [6.45, 7) is 4.40. The van der Waals surface area contributed by atoms with Gasteiger partial charge in [-0.25, -0.2) is 4.68 Å². The number of nitrogens with zero attached hydrogens (tertiary/aromatic N) is 3. The van der Waals surface area contributed by atoms with Gasteiger partial charge in [0.15, 0.2) is 3.95 Å². The van der Waals surface area contributed by atoms with Gasteiger partial charge in [0.2, 0.25) is 5.13 Å². The Morgan fingerprint density at radius 3 is 2.80 bits per heavy atom. The van der Waals surface area contributed by atoms with Gasteiger partial charge in [0.25, 0.3) is 0 Å². The van der Waals surface area contributed by atoms with E-state index in [1.807, 2.05) is 22.9 Å². The molecule has 0 amide bonds. The monoisotopic (exact) mass is 378 g/mol. The molecule has 2 aromatic rings. The molecule has 0 saturated carbocycles. The van der Waals surface area contributed by atoms with Gasteiger partial charge in [-0.2, -0.15) is 0 Å². The number of benzene rings is 1. The van der Waals surface area contributed by atoms with Crippen molar-refractivity contribution >= 4 is 40.3 Å². The van der Waals surface area contributed by atoms with Crippen molar-refractivity contribution < 1.29 is 9.53 Å². The summed E-state index contributed by atoms with van der Waals surface area (Å²) in [5.74, 6) is -0.0856. The number of likely N-dealkylation sites (tertiary alicyclic amines) is 1. The smallest absolute Gasteiger partial charge is 0.308 e. The van der Waals surface area contributed by atoms with Crippen LogP contribution in [0.2, 0.25) is 0 Å². The van der Waals surface area contributed by atoms with Gasteiger partial charge in [-0.1, -0.05) is 29.5 Å². The summed E-state index contributed by atoms with van der Waals surface area (Å²) in [6, 6.07) is 8.10. The zero-order valence-corrected chi connectivity index (χ0v) is 16.0. The number of hydrogen-bond donors (Lipinski definition) is 1. The third-order valence-corrected chi connectivity index (χ3v) is 5.67. The Labute approximate surface area is 156 Å². The van der Waals surface area contributed by atoms with Gasteiger partial charge in [-0.05, 0) is 43.6 Å². The number of aromatic nitrogens is 2. The van der Waals surface area contributed by atoms with Gasteiger partial charge >= 0.3 is 5.97 Å². The van der Waals surface area contributed by atoms with Crippen LogP contribution in [0.25, 0.3) is 0 Å². The minimum absolute atomic E-state index is 0.0166. The third kappa shape index (κ3) is 4.45. The summed E-state index contributed by atoms with van der Waals surface area (Å²) in [6.07, 6.45) is 1.64. The number of carbonyl (C=O) groups excluding carboxylic acids is 1. The molecule has 1 aliphatic heterocycles. The SMILES string of the molecule is COC(=O)C1CCN(Cn2nc(Nc3ccccc3C)sc2=S)CC1. The number of esters is 1. The van der Waals surface area contributed by atoms with Gasteiger partial charge in [-0.3, -0.25) is 9.69 Å². The summed E-state index contributed by atoms with van der Waals surface area (Å²) in [4.78, 5) is 13.9. The van der Waals surface area contributed by atoms with E-state index in [9.17, 15) is 4.79 Å². The average Bonchev–Trinajstić information content (AvgIpc) is 2.96. The number of anilines is 2. The van der Waals surface area contributed by atoms with Crippen molar-refractivity contribution in [3.63, 3.8) is 0 Å². The minimum atomic E-state index is -0.102. The van der Waals surface area contributed by atoms with Crippen LogP contribution in [0.1, 0.15) is 18.4 Å². The predicted molar refractivity (Wildman–Crippen MR) is 102 cm³/mol. The summed E-state index contributed by atoms with van der Waals surface area (Å²) in [5, 5.41) is 8.73. The Morgan fingerprint density at radius 2 is 2.12 bits per heavy atom. The van der Waals surface area contributed by atoms with Crippen LogP contribution in [0.4, 0.5) is 10.8 Å². The lowest BCUT2D eigenvalue weighted by Crippen LogP contribution is -2.38. The molecule has 0 aliphatic carbocycles. The largest absolute Gasteiger partial charge is 0.469 e. The lowest BCUT2D eigenvalue weighted by Gasteiger charge is -2.30. The van der Waals surface area contributed by atoms with E-state index in [2.05, 4.69) is 28.3 Å². The lowest BCUT2D eigenvalue weighted by molar-refractivity contribution is -0.147. The van der Waals surface area contributed by atoms with E-state index in [-0.39, 0.29) is 11.9 Å². The molecule has 6 nitrogen and oxygen atoms in total. The number of nitrogens with one attached hydrogen (secondary N) is 1. The number of aryl methyl sites for hydroxylation is 1. The molecule has 0 unspecified atom stereocenters. The standard InChI is InChI=1S/C17H22N4O2S2/c1-12-5-3-4-6-14(12)18-16-19-21(17(24)25-16)11-20-9-7-13(8-10-20)15(22)23-2/h3-6,13H,7-11H2,1-2H3,(H,18,19). The van der Waals surface area contributed by atoms with Crippen LogP contribution in [0, 0.1) is 16.8 Å². The third-order valence-electron chi connectivity index (χ3n) is 4.45. The molecule has 1 N–H and O–H groups in total. The zero-order chi connectivity index (χ0) is 17.8. The van der Waals surface area contributed by atoms with Gasteiger partial charge in [0.1, 0.15) is 0 Å². The van der Waals surface area contributed by atoms with Crippen molar-refractivity contribution in [2.75, 3.05) is 25.5 Å². The number of hydrogen-bond acceptors (Lipinski definition) is 7. The van der Waals surface area contributed by atoms with Gasteiger partial charge in [0, 0.05) is 18.8 Å². The number of rotatable bonds is 5. The highest BCUT2D eigenvalue weighted by Gasteiger charge is 2.25.